The van der Waals surface area contributed by atoms with Crippen LogP contribution in [0.5, 0.6) is 0 Å². The number of aliphatic hydroxyl groups is 5. The second kappa shape index (κ2) is 24.7. The van der Waals surface area contributed by atoms with Crippen molar-refractivity contribution in [1.29, 1.82) is 0 Å². The Bertz CT molecular complexity index is 2000. The van der Waals surface area contributed by atoms with Crippen LogP contribution in [-0.2, 0) is 50.9 Å². The monoisotopic (exact) mass is 1010 g/mol. The van der Waals surface area contributed by atoms with Gasteiger partial charge in [-0.15, -0.1) is 5.10 Å². The van der Waals surface area contributed by atoms with Gasteiger partial charge in [-0.25, -0.2) is 13.9 Å². The Morgan fingerprint density at radius 1 is 1.00 bits per heavy atom. The van der Waals surface area contributed by atoms with E-state index < -0.39 is 120 Å². The first-order valence-corrected chi connectivity index (χ1v) is 25.1. The number of nitrogens with zero attached hydrogens (tertiary/aromatic N) is 5. The predicted molar refractivity (Wildman–Crippen MR) is 258 cm³/mol. The van der Waals surface area contributed by atoms with E-state index in [-0.39, 0.29) is 38.3 Å². The summed E-state index contributed by atoms with van der Waals surface area (Å²) in [5, 5.41) is 70.5. The number of methoxy groups -OCH3 is 1. The number of cyclic esters (lactones) is 1. The first-order valence-electron chi connectivity index (χ1n) is 25.1. The number of aliphatic hydroxyl groups excluding tert-OH is 3. The summed E-state index contributed by atoms with van der Waals surface area (Å²) >= 11 is 0. The number of hydrogen-bond donors (Lipinski definition) is 6. The lowest BCUT2D eigenvalue weighted by molar-refractivity contribution is -0.318. The fourth-order valence-electron chi connectivity index (χ4n) is 10.6. The zero-order valence-corrected chi connectivity index (χ0v) is 43.9. The summed E-state index contributed by atoms with van der Waals surface area (Å²) in [6.45, 7) is 18.5. The highest BCUT2D eigenvalue weighted by Gasteiger charge is 2.53. The van der Waals surface area contributed by atoms with Crippen molar-refractivity contribution in [1.82, 2.24) is 24.8 Å². The van der Waals surface area contributed by atoms with Crippen LogP contribution < -0.4 is 5.32 Å². The maximum Gasteiger partial charge on any atom is 0.411 e. The van der Waals surface area contributed by atoms with Crippen LogP contribution in [0.4, 0.5) is 14.9 Å². The molecule has 1 aromatic carbocycles. The van der Waals surface area contributed by atoms with Crippen LogP contribution in [0.3, 0.4) is 0 Å². The fourth-order valence-corrected chi connectivity index (χ4v) is 10.6. The summed E-state index contributed by atoms with van der Waals surface area (Å²) in [4.78, 5) is 30.6. The largest absolute Gasteiger partial charge is 0.459 e. The SMILES string of the molecule is CC[C@H]1OC(=O)[C@H](C)[C@@H](O[C@H]2C[C@@](C)(OC)[C@@H](O)[C@H](C)O2)[C@H](C)[C@@H](O[C@@H]2O[C@H](C)C[C@H](N(C)CCc3cn(CCOC(=O)Nc4ccc(F)cc4)nn3)[C@H]2O)[C@](C)(O)C[C@@H](C)CN(C)[C@H](C)[C@@H](O)[C@]1(C)O. The number of anilines is 1. The second-order valence-electron chi connectivity index (χ2n) is 21.2. The lowest BCUT2D eigenvalue weighted by Crippen LogP contribution is -2.61. The molecule has 3 aliphatic rings. The van der Waals surface area contributed by atoms with Crippen LogP contribution in [-0.4, -0.2) is 194 Å². The first-order chi connectivity index (χ1) is 33.2. The number of benzene rings is 1. The normalized spacial score (nSPS) is 39.3. The number of nitrogens with one attached hydrogen (secondary N) is 1. The maximum atomic E-state index is 14.5. The molecule has 71 heavy (non-hydrogen) atoms. The minimum Gasteiger partial charge on any atom is -0.459 e. The number of carbonyl (C=O) groups is 2. The minimum absolute atomic E-state index is 0.0123. The average Bonchev–Trinajstić information content (AvgIpc) is 3.77. The third-order valence-electron chi connectivity index (χ3n) is 15.1. The van der Waals surface area contributed by atoms with Crippen molar-refractivity contribution in [2.45, 2.75) is 198 Å². The smallest absolute Gasteiger partial charge is 0.411 e. The van der Waals surface area contributed by atoms with Gasteiger partial charge in [-0.3, -0.25) is 10.1 Å². The Morgan fingerprint density at radius 2 is 1.68 bits per heavy atom. The molecule has 404 valence electrons. The van der Waals surface area contributed by atoms with E-state index >= 15 is 0 Å². The second-order valence-corrected chi connectivity index (χ2v) is 21.2. The summed E-state index contributed by atoms with van der Waals surface area (Å²) < 4.78 is 58.2. The maximum absolute atomic E-state index is 14.5. The van der Waals surface area contributed by atoms with Gasteiger partial charge in [0.1, 0.15) is 42.4 Å². The molecule has 0 bridgehead atoms. The van der Waals surface area contributed by atoms with E-state index in [9.17, 15) is 39.5 Å². The van der Waals surface area contributed by atoms with Crippen molar-refractivity contribution in [2.75, 3.05) is 46.2 Å². The molecule has 0 saturated carbocycles. The van der Waals surface area contributed by atoms with Crippen molar-refractivity contribution in [2.24, 2.45) is 17.8 Å². The van der Waals surface area contributed by atoms with Crippen LogP contribution in [0.25, 0.3) is 0 Å². The molecule has 6 N–H and O–H groups in total. The molecular formula is C50H83FN6O14. The van der Waals surface area contributed by atoms with Crippen LogP contribution in [0.1, 0.15) is 101 Å². The molecule has 0 aliphatic carbocycles. The summed E-state index contributed by atoms with van der Waals surface area (Å²) in [5.41, 5.74) is -3.52. The minimum atomic E-state index is -1.85. The Labute approximate surface area is 418 Å². The number of halogens is 1. The zero-order chi connectivity index (χ0) is 52.7. The van der Waals surface area contributed by atoms with Crippen LogP contribution in [0.15, 0.2) is 30.5 Å². The summed E-state index contributed by atoms with van der Waals surface area (Å²) in [6, 6.07) is 4.26. The van der Waals surface area contributed by atoms with E-state index in [0.717, 1.165) is 0 Å². The molecule has 2 aromatic rings. The van der Waals surface area contributed by atoms with Gasteiger partial charge in [-0.1, -0.05) is 26.0 Å². The number of carbonyl (C=O) groups excluding carboxylic acids is 2. The molecular weight excluding hydrogens is 928 g/mol. The molecule has 0 radical (unpaired) electrons. The predicted octanol–water partition coefficient (Wildman–Crippen LogP) is 3.49. The molecule has 20 nitrogen and oxygen atoms in total. The van der Waals surface area contributed by atoms with Crippen LogP contribution >= 0.6 is 0 Å². The van der Waals surface area contributed by atoms with E-state index in [1.165, 1.54) is 38.3 Å². The molecule has 3 aliphatic heterocycles. The van der Waals surface area contributed by atoms with E-state index in [1.54, 1.807) is 59.3 Å². The molecule has 1 amide bonds. The molecule has 21 heteroatoms. The van der Waals surface area contributed by atoms with Crippen molar-refractivity contribution in [3.8, 4) is 0 Å². The van der Waals surface area contributed by atoms with Gasteiger partial charge in [0, 0.05) is 62.9 Å². The third-order valence-corrected chi connectivity index (χ3v) is 15.1. The zero-order valence-electron chi connectivity index (χ0n) is 43.9. The first kappa shape index (κ1) is 58.4. The van der Waals surface area contributed by atoms with Gasteiger partial charge < -0.3 is 68.5 Å². The van der Waals surface area contributed by atoms with E-state index in [0.29, 0.717) is 37.3 Å². The van der Waals surface area contributed by atoms with Gasteiger partial charge in [0.25, 0.3) is 0 Å². The van der Waals surface area contributed by atoms with Crippen LogP contribution in [0.2, 0.25) is 0 Å². The fraction of sp³-hybridized carbons (Fsp3) is 0.800. The molecule has 0 unspecified atom stereocenters. The Hall–Kier alpha value is -3.45. The Balaban J connectivity index is 1.38. The number of amides is 1. The molecule has 3 saturated heterocycles. The van der Waals surface area contributed by atoms with Gasteiger partial charge in [0.15, 0.2) is 12.6 Å². The van der Waals surface area contributed by atoms with Gasteiger partial charge in [0.05, 0.1) is 53.8 Å². The standard InChI is InChI=1S/C50H83FN6O14/c1-14-38-50(10,64)42(59)32(6)56(12)26-28(2)24-48(8,63)44(30(4)41(31(5)45(61)69-38)70-39-25-49(9,65-13)43(60)33(7)68-39)71-46-40(58)37(23-29(3)67-46)55(11)20-19-36-27-57(54-53-36)21-22-66-47(62)52-35-17-15-34(51)16-18-35/h15-18,27-33,37-44,46,58-60,63-64H,14,19-26H2,1-13H3,(H,52,62)/t28-,29-,30+,31-,32-,33+,37+,38-,39+,40-,41+,42-,43+,44-,46+,48-,49-,50-/m1/s1. The van der Waals surface area contributed by atoms with Gasteiger partial charge >= 0.3 is 12.1 Å². The number of ether oxygens (including phenoxy) is 7. The van der Waals surface area contributed by atoms with Crippen molar-refractivity contribution < 1.29 is 72.7 Å². The van der Waals surface area contributed by atoms with Gasteiger partial charge in [-0.05, 0) is 112 Å². The number of likely N-dealkylation sites (N-methyl/N-ethyl adjacent to an activating group) is 2. The highest BCUT2D eigenvalue weighted by molar-refractivity contribution is 5.84. The highest BCUT2D eigenvalue weighted by Crippen LogP contribution is 2.40. The molecule has 0 spiro atoms. The van der Waals surface area contributed by atoms with E-state index in [1.807, 2.05) is 37.7 Å². The summed E-state index contributed by atoms with van der Waals surface area (Å²) in [7, 11) is 5.20. The highest BCUT2D eigenvalue weighted by atomic mass is 19.1. The van der Waals surface area contributed by atoms with Crippen molar-refractivity contribution >= 4 is 17.7 Å². The molecule has 1 aromatic heterocycles. The average molecular weight is 1010 g/mol. The van der Waals surface area contributed by atoms with Crippen LogP contribution in [0, 0.1) is 23.6 Å². The van der Waals surface area contributed by atoms with Gasteiger partial charge in [-0.2, -0.15) is 0 Å². The third kappa shape index (κ3) is 14.7. The van der Waals surface area contributed by atoms with E-state index in [4.69, 9.17) is 33.2 Å². The Kier molecular flexibility index (Phi) is 20.3. The number of esters is 1. The molecule has 5 rings (SSSR count). The Morgan fingerprint density at radius 3 is 2.32 bits per heavy atom. The number of hydrogen-bond acceptors (Lipinski definition) is 18. The quantitative estimate of drug-likeness (QED) is 0.148. The van der Waals surface area contributed by atoms with Gasteiger partial charge in [0.2, 0.25) is 0 Å². The molecule has 4 heterocycles. The number of aromatic nitrogens is 3. The summed E-state index contributed by atoms with van der Waals surface area (Å²) in [5.74, 6) is -3.29. The lowest BCUT2D eigenvalue weighted by atomic mass is 9.77. The van der Waals surface area contributed by atoms with Crippen molar-refractivity contribution in [3.05, 3.63) is 42.0 Å². The topological polar surface area (TPSA) is 249 Å². The summed E-state index contributed by atoms with van der Waals surface area (Å²) in [6.07, 6.45) is -7.86. The molecule has 18 atom stereocenters. The number of rotatable bonds is 14. The molecule has 3 fully saturated rings. The van der Waals surface area contributed by atoms with Crippen molar-refractivity contribution in [3.63, 3.8) is 0 Å². The lowest BCUT2D eigenvalue weighted by Gasteiger charge is -2.49. The van der Waals surface area contributed by atoms with E-state index in [2.05, 4.69) is 15.6 Å².